The minimum absolute atomic E-state index is 0.0272. The Labute approximate surface area is 221 Å². The number of benzene rings is 3. The van der Waals surface area contributed by atoms with Gasteiger partial charge in [0.2, 0.25) is 0 Å². The van der Waals surface area contributed by atoms with Gasteiger partial charge in [-0.1, -0.05) is 24.3 Å². The number of morpholine rings is 1. The number of rotatable bonds is 7. The highest BCUT2D eigenvalue weighted by Crippen LogP contribution is 2.31. The first-order chi connectivity index (χ1) is 18.7. The lowest BCUT2D eigenvalue weighted by molar-refractivity contribution is -0.137. The van der Waals surface area contributed by atoms with Crippen molar-refractivity contribution in [1.82, 2.24) is 14.7 Å². The number of carbonyl (C=O) groups is 2. The van der Waals surface area contributed by atoms with Gasteiger partial charge in [0.05, 0.1) is 30.8 Å². The number of aromatic carboxylic acids is 1. The van der Waals surface area contributed by atoms with E-state index >= 15 is 0 Å². The molecular weight excluding hydrogens is 513 g/mol. The lowest BCUT2D eigenvalue weighted by atomic mass is 10.0. The number of alkyl halides is 3. The maximum atomic E-state index is 13.0. The van der Waals surface area contributed by atoms with Crippen molar-refractivity contribution in [1.29, 1.82) is 0 Å². The standard InChI is InChI=1S/C28H25F3N4O4/c29-28(30,31)21-5-1-4-20(15-21)26(36)32-22-6-2-3-18(16-22)19-7-8-23-24(17-19)35(33-25(23)27(37)38)10-9-34-11-13-39-14-12-34/h1-8,15-17H,9-14H2,(H,32,36)(H,37,38). The van der Waals surface area contributed by atoms with Crippen molar-refractivity contribution in [2.45, 2.75) is 12.7 Å². The molecule has 0 saturated carbocycles. The van der Waals surface area contributed by atoms with Crippen LogP contribution in [0.3, 0.4) is 0 Å². The molecule has 0 radical (unpaired) electrons. The van der Waals surface area contributed by atoms with Crippen molar-refractivity contribution in [3.8, 4) is 11.1 Å². The van der Waals surface area contributed by atoms with Crippen LogP contribution in [-0.2, 0) is 17.5 Å². The maximum absolute atomic E-state index is 13.0. The molecule has 3 aromatic carbocycles. The number of anilines is 1. The lowest BCUT2D eigenvalue weighted by Gasteiger charge is -2.26. The second kappa shape index (κ2) is 10.9. The number of carbonyl (C=O) groups excluding carboxylic acids is 1. The highest BCUT2D eigenvalue weighted by molar-refractivity contribution is 6.05. The SMILES string of the molecule is O=C(Nc1cccc(-c2ccc3c(C(=O)O)nn(CCN4CCOCC4)c3c2)c1)c1cccc(C(F)(F)F)c1. The second-order valence-corrected chi connectivity index (χ2v) is 9.18. The average molecular weight is 539 g/mol. The summed E-state index contributed by atoms with van der Waals surface area (Å²) in [5.74, 6) is -1.78. The molecule has 2 N–H and O–H groups in total. The summed E-state index contributed by atoms with van der Waals surface area (Å²) in [6.07, 6.45) is -4.55. The number of halogens is 3. The lowest BCUT2D eigenvalue weighted by Crippen LogP contribution is -2.38. The van der Waals surface area contributed by atoms with Crippen molar-refractivity contribution in [3.05, 3.63) is 83.6 Å². The molecule has 1 fully saturated rings. The van der Waals surface area contributed by atoms with Crippen LogP contribution < -0.4 is 5.32 Å². The molecule has 2 heterocycles. The van der Waals surface area contributed by atoms with Gasteiger partial charge in [-0.15, -0.1) is 0 Å². The Hall–Kier alpha value is -4.22. The molecule has 11 heteroatoms. The molecule has 202 valence electrons. The monoisotopic (exact) mass is 538 g/mol. The van der Waals surface area contributed by atoms with Gasteiger partial charge in [-0.2, -0.15) is 18.3 Å². The predicted octanol–water partition coefficient (Wildman–Crippen LogP) is 5.00. The first-order valence-electron chi connectivity index (χ1n) is 12.3. The van der Waals surface area contributed by atoms with Crippen LogP contribution >= 0.6 is 0 Å². The molecule has 1 aromatic heterocycles. The third-order valence-electron chi connectivity index (χ3n) is 6.59. The van der Waals surface area contributed by atoms with Crippen LogP contribution in [0.2, 0.25) is 0 Å². The van der Waals surface area contributed by atoms with Crippen LogP contribution in [0.4, 0.5) is 18.9 Å². The molecule has 1 saturated heterocycles. The third kappa shape index (κ3) is 5.94. The number of nitrogens with one attached hydrogen (secondary N) is 1. The summed E-state index contributed by atoms with van der Waals surface area (Å²) in [5.41, 5.74) is 1.53. The Morgan fingerprint density at radius 2 is 1.69 bits per heavy atom. The normalized spacial score (nSPS) is 14.4. The van der Waals surface area contributed by atoms with Crippen LogP contribution in [0.25, 0.3) is 22.0 Å². The maximum Gasteiger partial charge on any atom is 0.416 e. The molecule has 1 aliphatic heterocycles. The van der Waals surface area contributed by atoms with E-state index in [4.69, 9.17) is 4.74 Å². The van der Waals surface area contributed by atoms with Gasteiger partial charge < -0.3 is 15.2 Å². The zero-order valence-corrected chi connectivity index (χ0v) is 20.7. The quantitative estimate of drug-likeness (QED) is 0.344. The Morgan fingerprint density at radius 1 is 0.949 bits per heavy atom. The van der Waals surface area contributed by atoms with E-state index in [1.807, 2.05) is 12.1 Å². The van der Waals surface area contributed by atoms with Gasteiger partial charge in [0, 0.05) is 36.3 Å². The largest absolute Gasteiger partial charge is 0.476 e. The van der Waals surface area contributed by atoms with Crippen molar-refractivity contribution in [2.75, 3.05) is 38.2 Å². The number of fused-ring (bicyclic) bond motifs is 1. The van der Waals surface area contributed by atoms with Crippen molar-refractivity contribution in [2.24, 2.45) is 0 Å². The summed E-state index contributed by atoms with van der Waals surface area (Å²) in [4.78, 5) is 26.7. The molecule has 0 atom stereocenters. The van der Waals surface area contributed by atoms with E-state index in [-0.39, 0.29) is 11.3 Å². The van der Waals surface area contributed by atoms with Crippen LogP contribution in [0.15, 0.2) is 66.7 Å². The second-order valence-electron chi connectivity index (χ2n) is 9.18. The van der Waals surface area contributed by atoms with Gasteiger partial charge >= 0.3 is 12.1 Å². The zero-order chi connectivity index (χ0) is 27.6. The predicted molar refractivity (Wildman–Crippen MR) is 139 cm³/mol. The van der Waals surface area contributed by atoms with Gasteiger partial charge in [0.25, 0.3) is 5.91 Å². The Kier molecular flexibility index (Phi) is 7.36. The zero-order valence-electron chi connectivity index (χ0n) is 20.7. The molecule has 5 rings (SSSR count). The molecule has 0 aliphatic carbocycles. The number of aromatic nitrogens is 2. The van der Waals surface area contributed by atoms with Crippen LogP contribution in [0.5, 0.6) is 0 Å². The van der Waals surface area contributed by atoms with Crippen molar-refractivity contribution in [3.63, 3.8) is 0 Å². The molecule has 4 aromatic rings. The first kappa shape index (κ1) is 26.4. The number of hydrogen-bond donors (Lipinski definition) is 2. The third-order valence-corrected chi connectivity index (χ3v) is 6.59. The average Bonchev–Trinajstić information content (AvgIpc) is 3.30. The van der Waals surface area contributed by atoms with Crippen LogP contribution in [0.1, 0.15) is 26.4 Å². The van der Waals surface area contributed by atoms with E-state index in [0.717, 1.165) is 36.3 Å². The number of nitrogens with zero attached hydrogens (tertiary/aromatic N) is 3. The van der Waals surface area contributed by atoms with Crippen molar-refractivity contribution >= 4 is 28.5 Å². The molecule has 0 bridgehead atoms. The molecule has 39 heavy (non-hydrogen) atoms. The fourth-order valence-electron chi connectivity index (χ4n) is 4.56. The number of carboxylic acids is 1. The van der Waals surface area contributed by atoms with Crippen molar-refractivity contribution < 1.29 is 32.6 Å². The first-order valence-corrected chi connectivity index (χ1v) is 12.3. The topological polar surface area (TPSA) is 96.7 Å². The van der Waals surface area contributed by atoms with Crippen LogP contribution in [-0.4, -0.2) is 64.5 Å². The van der Waals surface area contributed by atoms with Gasteiger partial charge in [0.15, 0.2) is 5.69 Å². The van der Waals surface area contributed by atoms with Gasteiger partial charge in [-0.3, -0.25) is 14.4 Å². The minimum Gasteiger partial charge on any atom is -0.476 e. The molecule has 1 aliphatic rings. The molecular formula is C28H25F3N4O4. The number of amides is 1. The van der Waals surface area contributed by atoms with E-state index in [1.165, 1.54) is 12.1 Å². The van der Waals surface area contributed by atoms with E-state index in [1.54, 1.807) is 35.0 Å². The summed E-state index contributed by atoms with van der Waals surface area (Å²) in [6.45, 7) is 4.11. The Morgan fingerprint density at radius 3 is 2.44 bits per heavy atom. The molecule has 8 nitrogen and oxygen atoms in total. The highest BCUT2D eigenvalue weighted by Gasteiger charge is 2.31. The molecule has 0 unspecified atom stereocenters. The van der Waals surface area contributed by atoms with Gasteiger partial charge in [-0.05, 0) is 53.6 Å². The highest BCUT2D eigenvalue weighted by atomic mass is 19.4. The summed E-state index contributed by atoms with van der Waals surface area (Å²) >= 11 is 0. The van der Waals surface area contributed by atoms with E-state index < -0.39 is 23.6 Å². The molecule has 0 spiro atoms. The fourth-order valence-corrected chi connectivity index (χ4v) is 4.56. The van der Waals surface area contributed by atoms with E-state index in [9.17, 15) is 27.9 Å². The summed E-state index contributed by atoms with van der Waals surface area (Å²) in [7, 11) is 0. The fraction of sp³-hybridized carbons (Fsp3) is 0.250. The Bertz CT molecular complexity index is 1530. The smallest absolute Gasteiger partial charge is 0.416 e. The van der Waals surface area contributed by atoms with Crippen LogP contribution in [0, 0.1) is 0 Å². The number of hydrogen-bond acceptors (Lipinski definition) is 5. The minimum atomic E-state index is -4.55. The summed E-state index contributed by atoms with van der Waals surface area (Å²) in [6, 6.07) is 16.5. The van der Waals surface area contributed by atoms with E-state index in [2.05, 4.69) is 15.3 Å². The van der Waals surface area contributed by atoms with E-state index in [0.29, 0.717) is 42.9 Å². The van der Waals surface area contributed by atoms with Gasteiger partial charge in [0.1, 0.15) is 0 Å². The number of ether oxygens (including phenoxy) is 1. The Balaban J connectivity index is 1.40. The summed E-state index contributed by atoms with van der Waals surface area (Å²) in [5, 5.41) is 17.2. The van der Waals surface area contributed by atoms with Gasteiger partial charge in [-0.25, -0.2) is 4.79 Å². The molecule has 1 amide bonds. The summed E-state index contributed by atoms with van der Waals surface area (Å²) < 4.78 is 46.2. The number of carboxylic acid groups (broad SMARTS) is 1.